The lowest BCUT2D eigenvalue weighted by Gasteiger charge is -2.19. The van der Waals surface area contributed by atoms with Crippen LogP contribution in [0.25, 0.3) is 0 Å². The molecule has 0 N–H and O–H groups in total. The molecule has 1 heterocycles. The third-order valence-electron chi connectivity index (χ3n) is 2.02. The van der Waals surface area contributed by atoms with Gasteiger partial charge in [-0.15, -0.1) is 6.58 Å². The SMILES string of the molecule is C=CC[C@H](OC(C=C)OC)c1ccoc1. The highest BCUT2D eigenvalue weighted by Gasteiger charge is 2.15. The third-order valence-corrected chi connectivity index (χ3v) is 2.02. The first-order valence-corrected chi connectivity index (χ1v) is 4.75. The monoisotopic (exact) mass is 208 g/mol. The molecule has 0 saturated heterocycles. The number of hydrogen-bond donors (Lipinski definition) is 0. The van der Waals surface area contributed by atoms with Crippen LogP contribution in [0.5, 0.6) is 0 Å². The minimum absolute atomic E-state index is 0.107. The van der Waals surface area contributed by atoms with Crippen LogP contribution in [0.1, 0.15) is 18.1 Å². The summed E-state index contributed by atoms with van der Waals surface area (Å²) in [6.45, 7) is 7.32. The minimum atomic E-state index is -0.412. The first-order valence-electron chi connectivity index (χ1n) is 4.75. The van der Waals surface area contributed by atoms with E-state index in [0.29, 0.717) is 6.42 Å². The summed E-state index contributed by atoms with van der Waals surface area (Å²) in [5, 5.41) is 0. The molecule has 0 fully saturated rings. The quantitative estimate of drug-likeness (QED) is 0.509. The zero-order valence-electron chi connectivity index (χ0n) is 8.89. The summed E-state index contributed by atoms with van der Waals surface area (Å²) in [5.74, 6) is 0. The average molecular weight is 208 g/mol. The number of ether oxygens (including phenoxy) is 2. The van der Waals surface area contributed by atoms with E-state index >= 15 is 0 Å². The second-order valence-corrected chi connectivity index (χ2v) is 3.05. The smallest absolute Gasteiger partial charge is 0.177 e. The van der Waals surface area contributed by atoms with Crippen LogP contribution in [-0.2, 0) is 9.47 Å². The van der Waals surface area contributed by atoms with E-state index in [0.717, 1.165) is 5.56 Å². The highest BCUT2D eigenvalue weighted by Crippen LogP contribution is 2.24. The molecule has 0 amide bonds. The van der Waals surface area contributed by atoms with Crippen molar-refractivity contribution in [3.63, 3.8) is 0 Å². The van der Waals surface area contributed by atoms with Crippen LogP contribution in [0.2, 0.25) is 0 Å². The van der Waals surface area contributed by atoms with Gasteiger partial charge in [-0.25, -0.2) is 0 Å². The second-order valence-electron chi connectivity index (χ2n) is 3.05. The van der Waals surface area contributed by atoms with Crippen LogP contribution in [0.3, 0.4) is 0 Å². The van der Waals surface area contributed by atoms with Crippen molar-refractivity contribution < 1.29 is 13.9 Å². The Morgan fingerprint density at radius 2 is 2.33 bits per heavy atom. The largest absolute Gasteiger partial charge is 0.472 e. The summed E-state index contributed by atoms with van der Waals surface area (Å²) in [4.78, 5) is 0. The zero-order chi connectivity index (χ0) is 11.1. The van der Waals surface area contributed by atoms with E-state index < -0.39 is 6.29 Å². The summed E-state index contributed by atoms with van der Waals surface area (Å²) < 4.78 is 15.7. The molecule has 0 aliphatic heterocycles. The van der Waals surface area contributed by atoms with Crippen LogP contribution in [-0.4, -0.2) is 13.4 Å². The summed E-state index contributed by atoms with van der Waals surface area (Å²) in [6, 6.07) is 1.87. The van der Waals surface area contributed by atoms with Gasteiger partial charge in [0.25, 0.3) is 0 Å². The van der Waals surface area contributed by atoms with Gasteiger partial charge in [0.15, 0.2) is 6.29 Å². The molecule has 3 nitrogen and oxygen atoms in total. The Kier molecular flexibility index (Phi) is 4.87. The lowest BCUT2D eigenvalue weighted by molar-refractivity contribution is -0.126. The maximum atomic E-state index is 5.66. The molecule has 1 aromatic rings. The lowest BCUT2D eigenvalue weighted by atomic mass is 10.1. The standard InChI is InChI=1S/C12H16O3/c1-4-6-11(10-7-8-14-9-10)15-12(5-2)13-3/h4-5,7-9,11-12H,1-2,6H2,3H3/t11-,12?/m0/s1. The van der Waals surface area contributed by atoms with Crippen LogP contribution in [0.4, 0.5) is 0 Å². The fraction of sp³-hybridized carbons (Fsp3) is 0.333. The Balaban J connectivity index is 2.66. The van der Waals surface area contributed by atoms with Crippen LogP contribution in [0.15, 0.2) is 48.3 Å². The van der Waals surface area contributed by atoms with Crippen molar-refractivity contribution in [1.82, 2.24) is 0 Å². The molecule has 0 spiro atoms. The Hall–Kier alpha value is -1.32. The molecule has 0 aliphatic rings. The minimum Gasteiger partial charge on any atom is -0.472 e. The normalized spacial score (nSPS) is 14.5. The maximum Gasteiger partial charge on any atom is 0.177 e. The van der Waals surface area contributed by atoms with E-state index in [-0.39, 0.29) is 6.10 Å². The topological polar surface area (TPSA) is 31.6 Å². The predicted molar refractivity (Wildman–Crippen MR) is 58.3 cm³/mol. The number of furan rings is 1. The molecule has 2 atom stereocenters. The van der Waals surface area contributed by atoms with E-state index in [1.54, 1.807) is 31.8 Å². The molecule has 1 aromatic heterocycles. The molecular formula is C12H16O3. The molecule has 15 heavy (non-hydrogen) atoms. The molecule has 0 bridgehead atoms. The van der Waals surface area contributed by atoms with Crippen molar-refractivity contribution in [3.8, 4) is 0 Å². The second kappa shape index (κ2) is 6.22. The van der Waals surface area contributed by atoms with Crippen LogP contribution in [0, 0.1) is 0 Å². The first-order chi connectivity index (χ1) is 7.31. The van der Waals surface area contributed by atoms with Crippen molar-refractivity contribution in [2.75, 3.05) is 7.11 Å². The molecule has 0 radical (unpaired) electrons. The van der Waals surface area contributed by atoms with Crippen molar-refractivity contribution in [2.45, 2.75) is 18.8 Å². The lowest BCUT2D eigenvalue weighted by Crippen LogP contribution is -2.15. The molecule has 3 heteroatoms. The third kappa shape index (κ3) is 3.38. The predicted octanol–water partition coefficient (Wildman–Crippen LogP) is 3.07. The van der Waals surface area contributed by atoms with E-state index in [4.69, 9.17) is 13.9 Å². The Labute approximate surface area is 90.0 Å². The molecule has 1 rings (SSSR count). The molecule has 0 aromatic carbocycles. The fourth-order valence-electron chi connectivity index (χ4n) is 1.25. The van der Waals surface area contributed by atoms with Gasteiger partial charge in [-0.2, -0.15) is 0 Å². The highest BCUT2D eigenvalue weighted by atomic mass is 16.7. The van der Waals surface area contributed by atoms with Gasteiger partial charge in [-0.1, -0.05) is 12.7 Å². The van der Waals surface area contributed by atoms with Crippen molar-refractivity contribution >= 4 is 0 Å². The Morgan fingerprint density at radius 1 is 1.53 bits per heavy atom. The van der Waals surface area contributed by atoms with Crippen LogP contribution < -0.4 is 0 Å². The number of rotatable bonds is 7. The van der Waals surface area contributed by atoms with Gasteiger partial charge in [-0.05, 0) is 18.6 Å². The molecule has 0 saturated carbocycles. The van der Waals surface area contributed by atoms with Crippen molar-refractivity contribution in [2.24, 2.45) is 0 Å². The number of hydrogen-bond acceptors (Lipinski definition) is 3. The van der Waals surface area contributed by atoms with Gasteiger partial charge in [0.2, 0.25) is 0 Å². The first kappa shape index (κ1) is 11.8. The maximum absolute atomic E-state index is 5.66. The van der Waals surface area contributed by atoms with E-state index in [1.165, 1.54) is 0 Å². The van der Waals surface area contributed by atoms with Gasteiger partial charge >= 0.3 is 0 Å². The molecular weight excluding hydrogens is 192 g/mol. The van der Waals surface area contributed by atoms with E-state index in [9.17, 15) is 0 Å². The average Bonchev–Trinajstić information content (AvgIpc) is 2.77. The van der Waals surface area contributed by atoms with Crippen LogP contribution >= 0.6 is 0 Å². The van der Waals surface area contributed by atoms with E-state index in [1.807, 2.05) is 6.07 Å². The number of methoxy groups -OCH3 is 1. The Morgan fingerprint density at radius 3 is 2.80 bits per heavy atom. The summed E-state index contributed by atoms with van der Waals surface area (Å²) in [6.07, 6.45) is 6.86. The van der Waals surface area contributed by atoms with E-state index in [2.05, 4.69) is 13.2 Å². The van der Waals surface area contributed by atoms with Gasteiger partial charge in [-0.3, -0.25) is 0 Å². The van der Waals surface area contributed by atoms with Gasteiger partial charge in [0.1, 0.15) is 0 Å². The van der Waals surface area contributed by atoms with Gasteiger partial charge in [0, 0.05) is 12.7 Å². The molecule has 1 unspecified atom stereocenters. The summed E-state index contributed by atoms with van der Waals surface area (Å²) in [7, 11) is 1.58. The highest BCUT2D eigenvalue weighted by molar-refractivity contribution is 5.10. The van der Waals surface area contributed by atoms with Gasteiger partial charge in [0.05, 0.1) is 18.6 Å². The fourth-order valence-corrected chi connectivity index (χ4v) is 1.25. The van der Waals surface area contributed by atoms with Gasteiger partial charge < -0.3 is 13.9 Å². The van der Waals surface area contributed by atoms with Crippen molar-refractivity contribution in [3.05, 3.63) is 49.5 Å². The zero-order valence-corrected chi connectivity index (χ0v) is 8.89. The summed E-state index contributed by atoms with van der Waals surface area (Å²) in [5.41, 5.74) is 0.971. The Bertz CT molecular complexity index is 290. The summed E-state index contributed by atoms with van der Waals surface area (Å²) >= 11 is 0. The van der Waals surface area contributed by atoms with Crippen molar-refractivity contribution in [1.29, 1.82) is 0 Å². The molecule has 0 aliphatic carbocycles. The molecule has 82 valence electrons.